The molecule has 0 saturated heterocycles. The molecule has 1 aromatic carbocycles. The number of benzene rings is 1. The molecule has 0 spiro atoms. The number of hydrogen-bond donors (Lipinski definition) is 2. The van der Waals surface area contributed by atoms with Crippen LogP contribution in [0.15, 0.2) is 34.9 Å². The van der Waals surface area contributed by atoms with Crippen LogP contribution in [0.2, 0.25) is 0 Å². The van der Waals surface area contributed by atoms with E-state index in [0.717, 1.165) is 0 Å². The predicted molar refractivity (Wildman–Crippen MR) is 68.2 cm³/mol. The molecule has 1 heterocycles. The van der Waals surface area contributed by atoms with Gasteiger partial charge in [-0.05, 0) is 19.9 Å². The Morgan fingerprint density at radius 1 is 1.42 bits per heavy atom. The fourth-order valence-corrected chi connectivity index (χ4v) is 1.68. The zero-order valence-corrected chi connectivity index (χ0v) is 10.6. The Labute approximate surface area is 109 Å². The van der Waals surface area contributed by atoms with Crippen molar-refractivity contribution in [2.24, 2.45) is 0 Å². The summed E-state index contributed by atoms with van der Waals surface area (Å²) >= 11 is 0. The lowest BCUT2D eigenvalue weighted by atomic mass is 10.1. The number of carbonyl (C=O) groups excluding carboxylic acids is 1. The summed E-state index contributed by atoms with van der Waals surface area (Å²) in [6.45, 7) is 3.42. The summed E-state index contributed by atoms with van der Waals surface area (Å²) in [6, 6.07) is 6.97. The molecular weight excluding hydrogens is 249 g/mol. The third-order valence-corrected chi connectivity index (χ3v) is 2.59. The SMILES string of the molecule is Cc1cc(NC(=O)N[C@@H](C)c2ccccc2F)no1. The summed E-state index contributed by atoms with van der Waals surface area (Å²) in [5.41, 5.74) is 0.425. The van der Waals surface area contributed by atoms with E-state index in [2.05, 4.69) is 15.8 Å². The van der Waals surface area contributed by atoms with Crippen molar-refractivity contribution in [3.63, 3.8) is 0 Å². The highest BCUT2D eigenvalue weighted by Gasteiger charge is 2.13. The molecule has 0 aliphatic carbocycles. The fraction of sp³-hybridized carbons (Fsp3) is 0.231. The normalized spacial score (nSPS) is 11.9. The van der Waals surface area contributed by atoms with Gasteiger partial charge in [-0.1, -0.05) is 23.4 Å². The van der Waals surface area contributed by atoms with E-state index in [9.17, 15) is 9.18 Å². The van der Waals surface area contributed by atoms with Crippen molar-refractivity contribution in [2.45, 2.75) is 19.9 Å². The number of halogens is 1. The van der Waals surface area contributed by atoms with E-state index in [0.29, 0.717) is 17.1 Å². The van der Waals surface area contributed by atoms with Gasteiger partial charge in [0.25, 0.3) is 0 Å². The first-order valence-corrected chi connectivity index (χ1v) is 5.81. The van der Waals surface area contributed by atoms with E-state index >= 15 is 0 Å². The molecule has 2 aromatic rings. The topological polar surface area (TPSA) is 67.2 Å². The number of rotatable bonds is 3. The maximum absolute atomic E-state index is 13.5. The van der Waals surface area contributed by atoms with Crippen molar-refractivity contribution < 1.29 is 13.7 Å². The molecule has 2 amide bonds. The van der Waals surface area contributed by atoms with Gasteiger partial charge in [0.05, 0.1) is 6.04 Å². The summed E-state index contributed by atoms with van der Waals surface area (Å²) in [4.78, 5) is 11.7. The molecule has 2 N–H and O–H groups in total. The largest absolute Gasteiger partial charge is 0.360 e. The molecule has 100 valence electrons. The van der Waals surface area contributed by atoms with Gasteiger partial charge in [0.2, 0.25) is 0 Å². The Morgan fingerprint density at radius 3 is 2.79 bits per heavy atom. The molecule has 0 bridgehead atoms. The first-order chi connectivity index (χ1) is 9.06. The monoisotopic (exact) mass is 263 g/mol. The van der Waals surface area contributed by atoms with Crippen LogP contribution in [-0.4, -0.2) is 11.2 Å². The van der Waals surface area contributed by atoms with Gasteiger partial charge < -0.3 is 9.84 Å². The van der Waals surface area contributed by atoms with Gasteiger partial charge in [0, 0.05) is 11.6 Å². The van der Waals surface area contributed by atoms with Gasteiger partial charge in [-0.15, -0.1) is 0 Å². The third-order valence-electron chi connectivity index (χ3n) is 2.59. The Hall–Kier alpha value is -2.37. The van der Waals surface area contributed by atoms with E-state index in [1.54, 1.807) is 38.1 Å². The minimum absolute atomic E-state index is 0.315. The second-order valence-corrected chi connectivity index (χ2v) is 4.16. The van der Waals surface area contributed by atoms with Crippen LogP contribution in [-0.2, 0) is 0 Å². The number of urea groups is 1. The molecule has 19 heavy (non-hydrogen) atoms. The van der Waals surface area contributed by atoms with Crippen LogP contribution >= 0.6 is 0 Å². The van der Waals surface area contributed by atoms with Crippen LogP contribution in [0.5, 0.6) is 0 Å². The van der Waals surface area contributed by atoms with Gasteiger partial charge in [0.1, 0.15) is 11.6 Å². The number of nitrogens with zero attached hydrogens (tertiary/aromatic N) is 1. The van der Waals surface area contributed by atoms with Crippen molar-refractivity contribution in [1.82, 2.24) is 10.5 Å². The zero-order valence-electron chi connectivity index (χ0n) is 10.6. The summed E-state index contributed by atoms with van der Waals surface area (Å²) in [6.07, 6.45) is 0. The average molecular weight is 263 g/mol. The van der Waals surface area contributed by atoms with Gasteiger partial charge in [-0.25, -0.2) is 9.18 Å². The summed E-state index contributed by atoms with van der Waals surface area (Å²) in [5, 5.41) is 8.76. The number of hydrogen-bond acceptors (Lipinski definition) is 3. The third kappa shape index (κ3) is 3.31. The smallest absolute Gasteiger partial charge is 0.320 e. The van der Waals surface area contributed by atoms with Gasteiger partial charge in [-0.2, -0.15) is 0 Å². The second kappa shape index (κ2) is 5.51. The summed E-state index contributed by atoms with van der Waals surface area (Å²) in [7, 11) is 0. The minimum atomic E-state index is -0.468. The number of carbonyl (C=O) groups is 1. The number of amides is 2. The molecule has 5 nitrogen and oxygen atoms in total. The molecule has 0 aliphatic heterocycles. The summed E-state index contributed by atoms with van der Waals surface area (Å²) in [5.74, 6) is 0.556. The number of nitrogens with one attached hydrogen (secondary N) is 2. The van der Waals surface area contributed by atoms with Crippen molar-refractivity contribution in [1.29, 1.82) is 0 Å². The first kappa shape index (κ1) is 13.1. The lowest BCUT2D eigenvalue weighted by Gasteiger charge is -2.14. The van der Waals surface area contributed by atoms with Gasteiger partial charge in [0.15, 0.2) is 5.82 Å². The number of aryl methyl sites for hydroxylation is 1. The van der Waals surface area contributed by atoms with Gasteiger partial charge >= 0.3 is 6.03 Å². The molecule has 0 aliphatic rings. The van der Waals surface area contributed by atoms with Crippen LogP contribution in [0.1, 0.15) is 24.3 Å². The lowest BCUT2D eigenvalue weighted by molar-refractivity contribution is 0.249. The van der Waals surface area contributed by atoms with Crippen LogP contribution in [0.3, 0.4) is 0 Å². The average Bonchev–Trinajstić information content (AvgIpc) is 2.74. The van der Waals surface area contributed by atoms with Gasteiger partial charge in [-0.3, -0.25) is 5.32 Å². The van der Waals surface area contributed by atoms with Crippen molar-refractivity contribution in [3.05, 3.63) is 47.5 Å². The first-order valence-electron chi connectivity index (χ1n) is 5.81. The highest BCUT2D eigenvalue weighted by atomic mass is 19.1. The number of anilines is 1. The highest BCUT2D eigenvalue weighted by Crippen LogP contribution is 2.16. The zero-order chi connectivity index (χ0) is 13.8. The Balaban J connectivity index is 1.97. The quantitative estimate of drug-likeness (QED) is 0.894. The Bertz CT molecular complexity index is 583. The predicted octanol–water partition coefficient (Wildman–Crippen LogP) is 3.00. The molecule has 1 atom stereocenters. The molecule has 0 fully saturated rings. The van der Waals surface area contributed by atoms with E-state index in [4.69, 9.17) is 4.52 Å². The Morgan fingerprint density at radius 2 is 2.16 bits per heavy atom. The van der Waals surface area contributed by atoms with Crippen LogP contribution in [0.25, 0.3) is 0 Å². The number of aromatic nitrogens is 1. The van der Waals surface area contributed by atoms with Crippen LogP contribution < -0.4 is 10.6 Å². The van der Waals surface area contributed by atoms with Crippen LogP contribution in [0, 0.1) is 12.7 Å². The van der Waals surface area contributed by atoms with Crippen molar-refractivity contribution in [3.8, 4) is 0 Å². The van der Waals surface area contributed by atoms with E-state index in [1.807, 2.05) is 0 Å². The standard InChI is InChI=1S/C13H14FN3O2/c1-8-7-12(17-19-8)16-13(18)15-9(2)10-5-3-4-6-11(10)14/h3-7,9H,1-2H3,(H2,15,16,17,18)/t9-/m0/s1. The van der Waals surface area contributed by atoms with E-state index < -0.39 is 12.1 Å². The Kier molecular flexibility index (Phi) is 3.79. The van der Waals surface area contributed by atoms with Crippen LogP contribution in [0.4, 0.5) is 15.0 Å². The van der Waals surface area contributed by atoms with Crippen molar-refractivity contribution >= 4 is 11.8 Å². The molecule has 1 aromatic heterocycles. The second-order valence-electron chi connectivity index (χ2n) is 4.16. The molecule has 2 rings (SSSR count). The minimum Gasteiger partial charge on any atom is -0.360 e. The van der Waals surface area contributed by atoms with Crippen molar-refractivity contribution in [2.75, 3.05) is 5.32 Å². The van der Waals surface area contributed by atoms with E-state index in [1.165, 1.54) is 6.07 Å². The maximum atomic E-state index is 13.5. The molecule has 0 radical (unpaired) electrons. The summed E-state index contributed by atoms with van der Waals surface area (Å²) < 4.78 is 18.3. The highest BCUT2D eigenvalue weighted by molar-refractivity contribution is 5.88. The molecular formula is C13H14FN3O2. The molecule has 0 unspecified atom stereocenters. The maximum Gasteiger partial charge on any atom is 0.320 e. The molecule has 6 heteroatoms. The molecule has 0 saturated carbocycles. The van der Waals surface area contributed by atoms with E-state index in [-0.39, 0.29) is 5.82 Å². The lowest BCUT2D eigenvalue weighted by Crippen LogP contribution is -2.31. The fourth-order valence-electron chi connectivity index (χ4n) is 1.68.